The highest BCUT2D eigenvalue weighted by Gasteiger charge is 2.27. The molecule has 1 N–H and O–H groups in total. The number of nitrogens with zero attached hydrogens (tertiary/aromatic N) is 3. The number of aryl methyl sites for hydroxylation is 1. The summed E-state index contributed by atoms with van der Waals surface area (Å²) in [7, 11) is 1.36. The highest BCUT2D eigenvalue weighted by Crippen LogP contribution is 2.38. The zero-order chi connectivity index (χ0) is 19.5. The minimum absolute atomic E-state index is 0.207. The fourth-order valence-corrected chi connectivity index (χ4v) is 4.66. The molecule has 3 aromatic rings. The van der Waals surface area contributed by atoms with Crippen molar-refractivity contribution < 1.29 is 14.3 Å². The number of amides is 1. The molecule has 8 heteroatoms. The Morgan fingerprint density at radius 3 is 2.79 bits per heavy atom. The van der Waals surface area contributed by atoms with Crippen LogP contribution in [0.1, 0.15) is 49.7 Å². The summed E-state index contributed by atoms with van der Waals surface area (Å²) < 4.78 is 6.56. The Balaban J connectivity index is 1.54. The second-order valence-electron chi connectivity index (χ2n) is 6.65. The summed E-state index contributed by atoms with van der Waals surface area (Å²) in [6.07, 6.45) is 5.49. The number of benzene rings is 1. The zero-order valence-corrected chi connectivity index (χ0v) is 16.3. The van der Waals surface area contributed by atoms with Crippen molar-refractivity contribution in [3.05, 3.63) is 63.8 Å². The molecule has 0 radical (unpaired) electrons. The van der Waals surface area contributed by atoms with Crippen molar-refractivity contribution in [3.63, 3.8) is 0 Å². The molecule has 4 rings (SSSR count). The average Bonchev–Trinajstić information content (AvgIpc) is 3.32. The maximum atomic E-state index is 12.7. The molecule has 2 heterocycles. The molecule has 0 unspecified atom stereocenters. The lowest BCUT2D eigenvalue weighted by Crippen LogP contribution is -2.15. The molecule has 1 aliphatic carbocycles. The van der Waals surface area contributed by atoms with E-state index in [-0.39, 0.29) is 11.6 Å². The van der Waals surface area contributed by atoms with Gasteiger partial charge in [0.25, 0.3) is 5.91 Å². The second-order valence-corrected chi connectivity index (χ2v) is 7.75. The predicted octanol–water partition coefficient (Wildman–Crippen LogP) is 3.31. The molecule has 1 aromatic carbocycles. The van der Waals surface area contributed by atoms with E-state index in [1.165, 1.54) is 18.4 Å². The monoisotopic (exact) mass is 396 g/mol. The van der Waals surface area contributed by atoms with E-state index in [4.69, 9.17) is 4.74 Å². The predicted molar refractivity (Wildman–Crippen MR) is 106 cm³/mol. The summed E-state index contributed by atoms with van der Waals surface area (Å²) in [5.74, 6) is -0.800. The third-order valence-corrected chi connectivity index (χ3v) is 5.95. The van der Waals surface area contributed by atoms with E-state index in [0.29, 0.717) is 17.1 Å². The van der Waals surface area contributed by atoms with Gasteiger partial charge in [0.2, 0.25) is 0 Å². The number of methoxy groups -OCH3 is 1. The summed E-state index contributed by atoms with van der Waals surface area (Å²) in [5.41, 5.74) is 2.76. The molecule has 0 bridgehead atoms. The number of rotatable bonds is 5. The Bertz CT molecular complexity index is 1010. The smallest absolute Gasteiger partial charge is 0.341 e. The van der Waals surface area contributed by atoms with Gasteiger partial charge in [-0.3, -0.25) is 4.79 Å². The third-order valence-electron chi connectivity index (χ3n) is 4.75. The molecule has 2 aromatic heterocycles. The number of ether oxygens (including phenoxy) is 1. The summed E-state index contributed by atoms with van der Waals surface area (Å²) in [6, 6.07) is 9.82. The van der Waals surface area contributed by atoms with Crippen LogP contribution < -0.4 is 5.32 Å². The van der Waals surface area contributed by atoms with Crippen molar-refractivity contribution in [2.45, 2.75) is 32.2 Å². The Kier molecular flexibility index (Phi) is 5.21. The highest BCUT2D eigenvalue weighted by atomic mass is 32.1. The normalized spacial score (nSPS) is 13.0. The Morgan fingerprint density at radius 2 is 2.00 bits per heavy atom. The van der Waals surface area contributed by atoms with E-state index in [2.05, 4.69) is 15.6 Å². The van der Waals surface area contributed by atoms with E-state index in [9.17, 15) is 9.59 Å². The molecule has 0 aliphatic heterocycles. The van der Waals surface area contributed by atoms with Crippen LogP contribution in [0.2, 0.25) is 0 Å². The molecular formula is C20H20N4O3S. The summed E-state index contributed by atoms with van der Waals surface area (Å²) in [5, 5.41) is 11.4. The molecule has 0 fully saturated rings. The van der Waals surface area contributed by atoms with Gasteiger partial charge >= 0.3 is 5.97 Å². The minimum Gasteiger partial charge on any atom is -0.465 e. The lowest BCUT2D eigenvalue weighted by atomic mass is 9.95. The van der Waals surface area contributed by atoms with Crippen molar-refractivity contribution in [1.29, 1.82) is 0 Å². The Morgan fingerprint density at radius 1 is 1.21 bits per heavy atom. The standard InChI is InChI=1S/C20H20N4O3S/c1-27-20(26)17-14-9-5-6-10-16(14)28-19(17)21-18(25)15-12-24(23-22-15)11-13-7-3-2-4-8-13/h2-4,7-8,12H,5-6,9-11H2,1H3,(H,21,25). The summed E-state index contributed by atoms with van der Waals surface area (Å²) in [4.78, 5) is 26.1. The molecule has 1 aliphatic rings. The Hall–Kier alpha value is -3.00. The van der Waals surface area contributed by atoms with Gasteiger partial charge in [0, 0.05) is 4.88 Å². The second kappa shape index (κ2) is 7.93. The quantitative estimate of drug-likeness (QED) is 0.669. The first-order chi connectivity index (χ1) is 13.7. The molecule has 1 amide bonds. The summed E-state index contributed by atoms with van der Waals surface area (Å²) >= 11 is 1.45. The van der Waals surface area contributed by atoms with Crippen molar-refractivity contribution in [2.24, 2.45) is 0 Å². The highest BCUT2D eigenvalue weighted by molar-refractivity contribution is 7.17. The maximum Gasteiger partial charge on any atom is 0.341 e. The van der Waals surface area contributed by atoms with Crippen LogP contribution in [0.5, 0.6) is 0 Å². The van der Waals surface area contributed by atoms with Crippen molar-refractivity contribution >= 4 is 28.2 Å². The van der Waals surface area contributed by atoms with Gasteiger partial charge in [-0.1, -0.05) is 35.5 Å². The van der Waals surface area contributed by atoms with Gasteiger partial charge in [-0.25, -0.2) is 9.48 Å². The molecule has 28 heavy (non-hydrogen) atoms. The van der Waals surface area contributed by atoms with Gasteiger partial charge in [0.05, 0.1) is 25.4 Å². The van der Waals surface area contributed by atoms with Crippen LogP contribution in [0.3, 0.4) is 0 Å². The fourth-order valence-electron chi connectivity index (χ4n) is 3.39. The van der Waals surface area contributed by atoms with Crippen LogP contribution in [0, 0.1) is 0 Å². The van der Waals surface area contributed by atoms with Gasteiger partial charge in [0.1, 0.15) is 5.00 Å². The first kappa shape index (κ1) is 18.4. The molecule has 7 nitrogen and oxygen atoms in total. The van der Waals surface area contributed by atoms with Crippen LogP contribution in [0.4, 0.5) is 5.00 Å². The number of carbonyl (C=O) groups excluding carboxylic acids is 2. The van der Waals surface area contributed by atoms with Crippen molar-refractivity contribution in [1.82, 2.24) is 15.0 Å². The van der Waals surface area contributed by atoms with Gasteiger partial charge in [-0.2, -0.15) is 0 Å². The van der Waals surface area contributed by atoms with Gasteiger partial charge < -0.3 is 10.1 Å². The van der Waals surface area contributed by atoms with Crippen molar-refractivity contribution in [3.8, 4) is 0 Å². The minimum atomic E-state index is -0.414. The largest absolute Gasteiger partial charge is 0.465 e. The van der Waals surface area contributed by atoms with Crippen LogP contribution in [0.15, 0.2) is 36.5 Å². The topological polar surface area (TPSA) is 86.1 Å². The molecule has 0 saturated carbocycles. The zero-order valence-electron chi connectivity index (χ0n) is 15.5. The molecular weight excluding hydrogens is 376 g/mol. The molecule has 0 atom stereocenters. The number of hydrogen-bond acceptors (Lipinski definition) is 6. The Labute approximate surface area is 166 Å². The molecule has 0 spiro atoms. The lowest BCUT2D eigenvalue weighted by Gasteiger charge is -2.11. The number of aromatic nitrogens is 3. The first-order valence-electron chi connectivity index (χ1n) is 9.14. The SMILES string of the molecule is COC(=O)c1c(NC(=O)c2cn(Cc3ccccc3)nn2)sc2c1CCCC2. The van der Waals surface area contributed by atoms with E-state index < -0.39 is 5.97 Å². The number of anilines is 1. The first-order valence-corrected chi connectivity index (χ1v) is 9.95. The number of hydrogen-bond donors (Lipinski definition) is 1. The van der Waals surface area contributed by atoms with Gasteiger partial charge in [0.15, 0.2) is 5.69 Å². The van der Waals surface area contributed by atoms with Gasteiger partial charge in [-0.15, -0.1) is 16.4 Å². The number of nitrogens with one attached hydrogen (secondary N) is 1. The average molecular weight is 396 g/mol. The molecule has 0 saturated heterocycles. The van der Waals surface area contributed by atoms with Crippen molar-refractivity contribution in [2.75, 3.05) is 12.4 Å². The molecule has 144 valence electrons. The van der Waals surface area contributed by atoms with E-state index in [0.717, 1.165) is 41.7 Å². The van der Waals surface area contributed by atoms with E-state index >= 15 is 0 Å². The van der Waals surface area contributed by atoms with Gasteiger partial charge in [-0.05, 0) is 36.8 Å². The van der Waals surface area contributed by atoms with E-state index in [1.54, 1.807) is 10.9 Å². The number of carbonyl (C=O) groups is 2. The lowest BCUT2D eigenvalue weighted by molar-refractivity contribution is 0.0601. The van der Waals surface area contributed by atoms with Crippen LogP contribution in [-0.2, 0) is 24.1 Å². The number of thiophene rings is 1. The number of esters is 1. The van der Waals surface area contributed by atoms with E-state index in [1.807, 2.05) is 30.3 Å². The van der Waals surface area contributed by atoms with Crippen LogP contribution >= 0.6 is 11.3 Å². The summed E-state index contributed by atoms with van der Waals surface area (Å²) in [6.45, 7) is 0.530. The van der Waals surface area contributed by atoms with Crippen LogP contribution in [-0.4, -0.2) is 34.0 Å². The fraction of sp³-hybridized carbons (Fsp3) is 0.300. The third kappa shape index (κ3) is 3.68. The maximum absolute atomic E-state index is 12.7. The van der Waals surface area contributed by atoms with Crippen LogP contribution in [0.25, 0.3) is 0 Å². The number of fused-ring (bicyclic) bond motifs is 1.